The Morgan fingerprint density at radius 2 is 1.76 bits per heavy atom. The highest BCUT2D eigenvalue weighted by Gasteiger charge is 2.36. The molecule has 0 bridgehead atoms. The molecule has 5 nitrogen and oxygen atoms in total. The Labute approximate surface area is 150 Å². The number of aliphatic carboxylic acids is 1. The zero-order valence-electron chi connectivity index (χ0n) is 15.7. The summed E-state index contributed by atoms with van der Waals surface area (Å²) in [4.78, 5) is 25.4. The van der Waals surface area contributed by atoms with Crippen LogP contribution in [0.15, 0.2) is 24.3 Å². The molecule has 0 heterocycles. The van der Waals surface area contributed by atoms with Crippen molar-refractivity contribution in [1.29, 1.82) is 0 Å². The molecular weight excluding hydrogens is 316 g/mol. The first kappa shape index (κ1) is 19.4. The van der Waals surface area contributed by atoms with E-state index in [1.807, 2.05) is 6.92 Å². The first-order valence-electron chi connectivity index (χ1n) is 9.14. The van der Waals surface area contributed by atoms with Crippen LogP contribution < -0.4 is 5.32 Å². The van der Waals surface area contributed by atoms with Gasteiger partial charge in [-0.2, -0.15) is 0 Å². The van der Waals surface area contributed by atoms with Crippen molar-refractivity contribution in [3.8, 4) is 0 Å². The molecule has 2 atom stereocenters. The number of carboxylic acids is 1. The molecule has 1 amide bonds. The largest absolute Gasteiger partial charge is 0.480 e. The minimum Gasteiger partial charge on any atom is -0.480 e. The van der Waals surface area contributed by atoms with Crippen molar-refractivity contribution in [2.45, 2.75) is 65.1 Å². The van der Waals surface area contributed by atoms with Gasteiger partial charge in [-0.25, -0.2) is 0 Å². The van der Waals surface area contributed by atoms with E-state index in [4.69, 9.17) is 0 Å². The van der Waals surface area contributed by atoms with Gasteiger partial charge in [0.05, 0.1) is 12.6 Å². The summed E-state index contributed by atoms with van der Waals surface area (Å²) in [5, 5.41) is 12.2. The number of rotatable bonds is 9. The molecule has 1 aliphatic carbocycles. The van der Waals surface area contributed by atoms with Crippen molar-refractivity contribution in [1.82, 2.24) is 10.2 Å². The van der Waals surface area contributed by atoms with Crippen molar-refractivity contribution in [2.24, 2.45) is 5.92 Å². The maximum Gasteiger partial charge on any atom is 0.320 e. The quantitative estimate of drug-likeness (QED) is 0.721. The van der Waals surface area contributed by atoms with Gasteiger partial charge in [-0.1, -0.05) is 38.1 Å². The number of carbonyl (C=O) groups is 2. The van der Waals surface area contributed by atoms with Crippen LogP contribution in [0.3, 0.4) is 0 Å². The van der Waals surface area contributed by atoms with Crippen LogP contribution in [-0.4, -0.2) is 40.5 Å². The van der Waals surface area contributed by atoms with Gasteiger partial charge in [0.25, 0.3) is 0 Å². The standard InChI is InChI=1S/C20H30N2O3/c1-13(2)11-16-5-7-17(8-6-16)14(3)21-19(23)12-22(18-9-10-18)15(4)20(24)25/h5-8,13-15,18H,9-12H2,1-4H3,(H,21,23)(H,24,25). The van der Waals surface area contributed by atoms with Crippen molar-refractivity contribution in [3.05, 3.63) is 35.4 Å². The maximum atomic E-state index is 12.4. The van der Waals surface area contributed by atoms with Gasteiger partial charge < -0.3 is 10.4 Å². The Balaban J connectivity index is 1.91. The van der Waals surface area contributed by atoms with Gasteiger partial charge in [0.2, 0.25) is 5.91 Å². The third-order valence-electron chi connectivity index (χ3n) is 4.70. The summed E-state index contributed by atoms with van der Waals surface area (Å²) in [6.07, 6.45) is 2.99. The van der Waals surface area contributed by atoms with Crippen LogP contribution in [0.25, 0.3) is 0 Å². The zero-order valence-corrected chi connectivity index (χ0v) is 15.7. The van der Waals surface area contributed by atoms with Crippen LogP contribution >= 0.6 is 0 Å². The summed E-state index contributed by atoms with van der Waals surface area (Å²) in [6.45, 7) is 8.12. The molecule has 1 fully saturated rings. The first-order chi connectivity index (χ1) is 11.8. The highest BCUT2D eigenvalue weighted by Crippen LogP contribution is 2.28. The normalized spacial score (nSPS) is 16.7. The Morgan fingerprint density at radius 1 is 1.16 bits per heavy atom. The topological polar surface area (TPSA) is 69.6 Å². The maximum absolute atomic E-state index is 12.4. The van der Waals surface area contributed by atoms with Crippen LogP contribution in [0.4, 0.5) is 0 Å². The second kappa shape index (κ2) is 8.48. The fraction of sp³-hybridized carbons (Fsp3) is 0.600. The van der Waals surface area contributed by atoms with Gasteiger partial charge in [0.1, 0.15) is 6.04 Å². The van der Waals surface area contributed by atoms with E-state index in [0.29, 0.717) is 5.92 Å². The Bertz CT molecular complexity index is 593. The smallest absolute Gasteiger partial charge is 0.320 e. The number of carboxylic acid groups (broad SMARTS) is 1. The molecule has 1 aromatic carbocycles. The molecule has 5 heteroatoms. The number of benzene rings is 1. The summed E-state index contributed by atoms with van der Waals surface area (Å²) in [5.41, 5.74) is 2.36. The van der Waals surface area contributed by atoms with Gasteiger partial charge in [0.15, 0.2) is 0 Å². The molecule has 2 rings (SSSR count). The molecule has 0 aliphatic heterocycles. The average molecular weight is 346 g/mol. The minimum atomic E-state index is -0.881. The van der Waals surface area contributed by atoms with E-state index in [-0.39, 0.29) is 24.5 Å². The van der Waals surface area contributed by atoms with Crippen LogP contribution in [0.1, 0.15) is 57.7 Å². The molecule has 0 aromatic heterocycles. The second-order valence-corrected chi connectivity index (χ2v) is 7.55. The van der Waals surface area contributed by atoms with E-state index in [1.54, 1.807) is 11.8 Å². The number of hydrogen-bond acceptors (Lipinski definition) is 3. The lowest BCUT2D eigenvalue weighted by Crippen LogP contribution is -2.46. The Morgan fingerprint density at radius 3 is 2.24 bits per heavy atom. The van der Waals surface area contributed by atoms with Crippen LogP contribution in [-0.2, 0) is 16.0 Å². The molecule has 1 aromatic rings. The van der Waals surface area contributed by atoms with E-state index in [2.05, 4.69) is 43.4 Å². The van der Waals surface area contributed by atoms with Gasteiger partial charge in [-0.15, -0.1) is 0 Å². The lowest BCUT2D eigenvalue weighted by molar-refractivity contribution is -0.143. The zero-order chi connectivity index (χ0) is 18.6. The molecule has 1 aliphatic rings. The van der Waals surface area contributed by atoms with Crippen molar-refractivity contribution in [3.63, 3.8) is 0 Å². The minimum absolute atomic E-state index is 0.0956. The number of amides is 1. The number of nitrogens with one attached hydrogen (secondary N) is 1. The van der Waals surface area contributed by atoms with Crippen LogP contribution in [0.2, 0.25) is 0 Å². The highest BCUT2D eigenvalue weighted by atomic mass is 16.4. The van der Waals surface area contributed by atoms with E-state index < -0.39 is 12.0 Å². The third kappa shape index (κ3) is 5.85. The average Bonchev–Trinajstić information content (AvgIpc) is 3.36. The molecule has 0 radical (unpaired) electrons. The van der Waals surface area contributed by atoms with Crippen molar-refractivity contribution in [2.75, 3.05) is 6.54 Å². The lowest BCUT2D eigenvalue weighted by Gasteiger charge is -2.26. The Kier molecular flexibility index (Phi) is 6.59. The summed E-state index contributed by atoms with van der Waals surface area (Å²) < 4.78 is 0. The summed E-state index contributed by atoms with van der Waals surface area (Å²) in [6, 6.07) is 7.83. The van der Waals surface area contributed by atoms with Gasteiger partial charge in [-0.05, 0) is 50.2 Å². The predicted molar refractivity (Wildman–Crippen MR) is 98.4 cm³/mol. The number of carbonyl (C=O) groups excluding carboxylic acids is 1. The predicted octanol–water partition coefficient (Wildman–Crippen LogP) is 3.00. The van der Waals surface area contributed by atoms with Gasteiger partial charge in [0, 0.05) is 6.04 Å². The summed E-state index contributed by atoms with van der Waals surface area (Å²) in [5.74, 6) is -0.389. The van der Waals surface area contributed by atoms with E-state index >= 15 is 0 Å². The Hall–Kier alpha value is -1.88. The van der Waals surface area contributed by atoms with Gasteiger partial charge in [-0.3, -0.25) is 14.5 Å². The molecule has 2 N–H and O–H groups in total. The van der Waals surface area contributed by atoms with Crippen molar-refractivity contribution >= 4 is 11.9 Å². The van der Waals surface area contributed by atoms with Crippen molar-refractivity contribution < 1.29 is 14.7 Å². The molecule has 0 spiro atoms. The van der Waals surface area contributed by atoms with E-state index in [1.165, 1.54) is 5.56 Å². The second-order valence-electron chi connectivity index (χ2n) is 7.55. The van der Waals surface area contributed by atoms with Gasteiger partial charge >= 0.3 is 5.97 Å². The monoisotopic (exact) mass is 346 g/mol. The number of hydrogen-bond donors (Lipinski definition) is 2. The van der Waals surface area contributed by atoms with Crippen LogP contribution in [0.5, 0.6) is 0 Å². The highest BCUT2D eigenvalue weighted by molar-refractivity contribution is 5.80. The molecule has 0 saturated heterocycles. The van der Waals surface area contributed by atoms with E-state index in [0.717, 1.165) is 24.8 Å². The first-order valence-corrected chi connectivity index (χ1v) is 9.14. The fourth-order valence-corrected chi connectivity index (χ4v) is 3.08. The molecule has 1 saturated carbocycles. The molecule has 2 unspecified atom stereocenters. The van der Waals surface area contributed by atoms with E-state index in [9.17, 15) is 14.7 Å². The van der Waals surface area contributed by atoms with Crippen LogP contribution in [0, 0.1) is 5.92 Å². The molecular formula is C20H30N2O3. The SMILES string of the molecule is CC(C)Cc1ccc(C(C)NC(=O)CN(C2CC2)C(C)C(=O)O)cc1. The third-order valence-corrected chi connectivity index (χ3v) is 4.70. The fourth-order valence-electron chi connectivity index (χ4n) is 3.08. The molecule has 25 heavy (non-hydrogen) atoms. The lowest BCUT2D eigenvalue weighted by atomic mass is 10.00. The number of nitrogens with zero attached hydrogens (tertiary/aromatic N) is 1. The molecule has 138 valence electrons. The summed E-state index contributed by atoms with van der Waals surface area (Å²) >= 11 is 0. The summed E-state index contributed by atoms with van der Waals surface area (Å²) in [7, 11) is 0.